The van der Waals surface area contributed by atoms with Crippen molar-refractivity contribution in [3.63, 3.8) is 0 Å². The molecule has 0 radical (unpaired) electrons. The monoisotopic (exact) mass is 386 g/mol. The second-order valence-electron chi connectivity index (χ2n) is 7.08. The first-order valence-corrected chi connectivity index (χ1v) is 9.37. The van der Waals surface area contributed by atoms with Crippen molar-refractivity contribution >= 4 is 11.9 Å². The molecule has 0 aliphatic carbocycles. The number of nitrogens with one attached hydrogen (secondary N) is 1. The fourth-order valence-corrected chi connectivity index (χ4v) is 3.75. The van der Waals surface area contributed by atoms with Crippen LogP contribution in [0.15, 0.2) is 30.3 Å². The van der Waals surface area contributed by atoms with E-state index in [4.69, 9.17) is 9.47 Å². The van der Waals surface area contributed by atoms with Gasteiger partial charge in [0.25, 0.3) is 5.91 Å². The molecule has 2 atom stereocenters. The number of nitrogens with zero attached hydrogens (tertiary/aromatic N) is 1. The topological polar surface area (TPSA) is 89.8 Å². The molecule has 2 aromatic rings. The second-order valence-corrected chi connectivity index (χ2v) is 7.08. The predicted octanol–water partition coefficient (Wildman–Crippen LogP) is 2.71. The Hall–Kier alpha value is -2.80. The highest BCUT2D eigenvalue weighted by molar-refractivity contribution is 5.98. The zero-order chi connectivity index (χ0) is 20.3. The molecule has 0 spiro atoms. The summed E-state index contributed by atoms with van der Waals surface area (Å²) >= 11 is 0. The van der Waals surface area contributed by atoms with Crippen molar-refractivity contribution < 1.29 is 24.2 Å². The third-order valence-electron chi connectivity index (χ3n) is 5.23. The number of aryl methyl sites for hydroxylation is 1. The average molecular weight is 386 g/mol. The number of carbonyl (C=O) groups is 2. The van der Waals surface area contributed by atoms with E-state index in [1.165, 1.54) is 0 Å². The van der Waals surface area contributed by atoms with Crippen LogP contribution in [0.4, 0.5) is 0 Å². The molecule has 2 N–H and O–H groups in total. The Morgan fingerprint density at radius 3 is 2.57 bits per heavy atom. The number of benzene rings is 1. The summed E-state index contributed by atoms with van der Waals surface area (Å²) in [5, 5.41) is 12.3. The molecular formula is C21H26N2O5. The molecule has 1 saturated heterocycles. The molecule has 0 bridgehead atoms. The summed E-state index contributed by atoms with van der Waals surface area (Å²) in [6.07, 6.45) is 1.53. The minimum absolute atomic E-state index is 0.222. The number of hydrogen-bond donors (Lipinski definition) is 2. The lowest BCUT2D eigenvalue weighted by Crippen LogP contribution is -2.48. The zero-order valence-electron chi connectivity index (χ0n) is 16.4. The Kier molecular flexibility index (Phi) is 6.04. The van der Waals surface area contributed by atoms with Crippen LogP contribution < -0.4 is 10.1 Å². The number of carboxylic acid groups (broad SMARTS) is 1. The minimum atomic E-state index is -1.03. The van der Waals surface area contributed by atoms with E-state index >= 15 is 0 Å². The summed E-state index contributed by atoms with van der Waals surface area (Å²) in [5.74, 6) is -0.887. The lowest BCUT2D eigenvalue weighted by atomic mass is 9.93. The molecule has 1 amide bonds. The molecule has 150 valence electrons. The van der Waals surface area contributed by atoms with Crippen molar-refractivity contribution in [1.82, 2.24) is 9.88 Å². The fourth-order valence-electron chi connectivity index (χ4n) is 3.75. The molecule has 2 unspecified atom stereocenters. The highest BCUT2D eigenvalue weighted by Crippen LogP contribution is 2.24. The largest absolute Gasteiger partial charge is 0.497 e. The van der Waals surface area contributed by atoms with Gasteiger partial charge in [-0.25, -0.2) is 4.79 Å². The summed E-state index contributed by atoms with van der Waals surface area (Å²) < 4.78 is 12.6. The molecule has 0 saturated carbocycles. The zero-order valence-corrected chi connectivity index (χ0v) is 16.4. The number of rotatable bonds is 6. The Labute approximate surface area is 164 Å². The first-order chi connectivity index (χ1) is 13.4. The predicted molar refractivity (Wildman–Crippen MR) is 104 cm³/mol. The van der Waals surface area contributed by atoms with Gasteiger partial charge < -0.3 is 24.5 Å². The molecule has 7 heteroatoms. The van der Waals surface area contributed by atoms with Crippen LogP contribution in [-0.2, 0) is 9.53 Å². The Morgan fingerprint density at radius 2 is 2.00 bits per heavy atom. The molecule has 3 rings (SSSR count). The van der Waals surface area contributed by atoms with Crippen LogP contribution in [-0.4, -0.2) is 47.9 Å². The molecule has 28 heavy (non-hydrogen) atoms. The van der Waals surface area contributed by atoms with E-state index in [2.05, 4.69) is 5.32 Å². The molecule has 1 fully saturated rings. The lowest BCUT2D eigenvalue weighted by molar-refractivity contribution is -0.142. The van der Waals surface area contributed by atoms with Gasteiger partial charge in [0, 0.05) is 29.6 Å². The summed E-state index contributed by atoms with van der Waals surface area (Å²) in [6, 6.07) is 8.37. The van der Waals surface area contributed by atoms with Crippen molar-refractivity contribution in [1.29, 1.82) is 0 Å². The number of carbonyl (C=O) groups excluding carboxylic acids is 1. The van der Waals surface area contributed by atoms with Crippen LogP contribution in [0, 0.1) is 19.8 Å². The number of aromatic nitrogens is 1. The van der Waals surface area contributed by atoms with Gasteiger partial charge in [-0.15, -0.1) is 0 Å². The van der Waals surface area contributed by atoms with E-state index < -0.39 is 12.0 Å². The molecule has 7 nitrogen and oxygen atoms in total. The molecule has 1 aliphatic heterocycles. The quantitative estimate of drug-likeness (QED) is 0.797. The van der Waals surface area contributed by atoms with Gasteiger partial charge in [-0.3, -0.25) is 4.79 Å². The molecule has 2 heterocycles. The van der Waals surface area contributed by atoms with E-state index in [-0.39, 0.29) is 11.8 Å². The van der Waals surface area contributed by atoms with Crippen molar-refractivity contribution in [3.8, 4) is 11.4 Å². The fraction of sp³-hybridized carbons (Fsp3) is 0.429. The van der Waals surface area contributed by atoms with Gasteiger partial charge >= 0.3 is 5.97 Å². The van der Waals surface area contributed by atoms with Crippen molar-refractivity contribution in [2.24, 2.45) is 5.92 Å². The van der Waals surface area contributed by atoms with Crippen LogP contribution in [0.2, 0.25) is 0 Å². The van der Waals surface area contributed by atoms with Gasteiger partial charge in [0.2, 0.25) is 0 Å². The van der Waals surface area contributed by atoms with Crippen LogP contribution in [0.3, 0.4) is 0 Å². The van der Waals surface area contributed by atoms with Crippen molar-refractivity contribution in [3.05, 3.63) is 47.3 Å². The average Bonchev–Trinajstić information content (AvgIpc) is 3.00. The maximum atomic E-state index is 12.9. The Balaban J connectivity index is 1.84. The second kappa shape index (κ2) is 8.48. The van der Waals surface area contributed by atoms with Crippen molar-refractivity contribution in [2.45, 2.75) is 32.7 Å². The smallest absolute Gasteiger partial charge is 0.326 e. The summed E-state index contributed by atoms with van der Waals surface area (Å²) in [6.45, 7) is 4.76. The van der Waals surface area contributed by atoms with Crippen LogP contribution in [0.5, 0.6) is 5.75 Å². The van der Waals surface area contributed by atoms with Gasteiger partial charge in [-0.05, 0) is 57.0 Å². The normalized spacial score (nSPS) is 17.8. The van der Waals surface area contributed by atoms with E-state index in [1.54, 1.807) is 13.2 Å². The SMILES string of the molecule is COc1ccc(-n2c(C)cc(C(=O)NC(C(=O)O)C3CCCOC3)c2C)cc1. The van der Waals surface area contributed by atoms with Crippen LogP contribution in [0.1, 0.15) is 34.6 Å². The number of methoxy groups -OCH3 is 1. The van der Waals surface area contributed by atoms with Gasteiger partial charge in [0.15, 0.2) is 0 Å². The highest BCUT2D eigenvalue weighted by Gasteiger charge is 2.32. The van der Waals surface area contributed by atoms with Gasteiger partial charge in [-0.2, -0.15) is 0 Å². The van der Waals surface area contributed by atoms with E-state index in [9.17, 15) is 14.7 Å². The van der Waals surface area contributed by atoms with Crippen LogP contribution in [0.25, 0.3) is 5.69 Å². The van der Waals surface area contributed by atoms with Gasteiger partial charge in [-0.1, -0.05) is 0 Å². The number of aliphatic carboxylic acids is 1. The van der Waals surface area contributed by atoms with E-state index in [0.717, 1.165) is 35.7 Å². The highest BCUT2D eigenvalue weighted by atomic mass is 16.5. The minimum Gasteiger partial charge on any atom is -0.497 e. The number of amides is 1. The first kappa shape index (κ1) is 19.9. The first-order valence-electron chi connectivity index (χ1n) is 9.37. The standard InChI is InChI=1S/C21H26N2O5/c1-13-11-18(14(2)23(13)16-6-8-17(27-3)9-7-16)20(24)22-19(21(25)26)15-5-4-10-28-12-15/h6-9,11,15,19H,4-5,10,12H2,1-3H3,(H,22,24)(H,25,26). The third kappa shape index (κ3) is 4.04. The van der Waals surface area contributed by atoms with Gasteiger partial charge in [0.1, 0.15) is 11.8 Å². The van der Waals surface area contributed by atoms with Crippen LogP contribution >= 0.6 is 0 Å². The molecule has 1 aliphatic rings. The van der Waals surface area contributed by atoms with E-state index in [0.29, 0.717) is 18.8 Å². The number of ether oxygens (including phenoxy) is 2. The summed E-state index contributed by atoms with van der Waals surface area (Å²) in [7, 11) is 1.61. The Bertz CT molecular complexity index is 850. The Morgan fingerprint density at radius 1 is 1.29 bits per heavy atom. The lowest BCUT2D eigenvalue weighted by Gasteiger charge is -2.28. The van der Waals surface area contributed by atoms with Gasteiger partial charge in [0.05, 0.1) is 19.3 Å². The summed E-state index contributed by atoms with van der Waals surface area (Å²) in [4.78, 5) is 24.6. The third-order valence-corrected chi connectivity index (χ3v) is 5.23. The maximum Gasteiger partial charge on any atom is 0.326 e. The number of carboxylic acids is 1. The maximum absolute atomic E-state index is 12.9. The molecule has 1 aromatic heterocycles. The number of hydrogen-bond acceptors (Lipinski definition) is 4. The van der Waals surface area contributed by atoms with E-state index in [1.807, 2.05) is 42.7 Å². The molecule has 1 aromatic carbocycles. The molecular weight excluding hydrogens is 360 g/mol. The summed E-state index contributed by atoms with van der Waals surface area (Å²) in [5.41, 5.74) is 3.02. The van der Waals surface area contributed by atoms with Crippen molar-refractivity contribution in [2.75, 3.05) is 20.3 Å².